The lowest BCUT2D eigenvalue weighted by atomic mass is 9.77. The van der Waals surface area contributed by atoms with Crippen LogP contribution in [-0.4, -0.2) is 42.2 Å². The van der Waals surface area contributed by atoms with Gasteiger partial charge in [-0.15, -0.1) is 0 Å². The number of carbonyl (C=O) groups is 1. The number of halogens is 5. The second-order valence-corrected chi connectivity index (χ2v) is 16.1. The summed E-state index contributed by atoms with van der Waals surface area (Å²) in [5, 5.41) is 12.7. The van der Waals surface area contributed by atoms with Crippen LogP contribution in [0.15, 0.2) is 30.5 Å². The van der Waals surface area contributed by atoms with Gasteiger partial charge in [0.25, 0.3) is 5.91 Å². The summed E-state index contributed by atoms with van der Waals surface area (Å²) >= 11 is 0. The number of amides is 1. The molecular weight excluding hydrogens is 527 g/mol. The molecule has 6 nitrogen and oxygen atoms in total. The summed E-state index contributed by atoms with van der Waals surface area (Å²) in [4.78, 5) is 17.4. The number of phenolic OH excluding ortho intramolecular Hbond substituents is 1. The fourth-order valence-electron chi connectivity index (χ4n) is 4.12. The van der Waals surface area contributed by atoms with E-state index < -0.39 is 61.3 Å². The summed E-state index contributed by atoms with van der Waals surface area (Å²) in [5.41, 5.74) is -2.36. The number of nitrogens with one attached hydrogen (secondary N) is 1. The molecule has 0 bridgehead atoms. The fraction of sp³-hybridized carbons (Fsp3) is 0.538. The van der Waals surface area contributed by atoms with Crippen LogP contribution in [0.4, 0.5) is 27.6 Å². The van der Waals surface area contributed by atoms with Crippen LogP contribution in [-0.2, 0) is 20.6 Å². The average molecular weight is 561 g/mol. The lowest BCUT2D eigenvalue weighted by Crippen LogP contribution is -2.47. The standard InChI is InChI=1S/C26H33F5N2O4Si/c1-14-19(17-10-11-18(27)20(28)21(17)34)22(37-25(14,5)26(29,30)31)23(35)33-15-8-9-16(32-12-15)13-36-38(6,7)24(2,3)4/h8-12,14,19,22,34H,13H2,1-7H3,(H,33,35)/t14-,19-,22-,25+/m0/s1. The number of aromatic nitrogens is 1. The van der Waals surface area contributed by atoms with Gasteiger partial charge in [0, 0.05) is 17.4 Å². The molecule has 1 aromatic carbocycles. The molecule has 1 amide bonds. The molecule has 1 fully saturated rings. The molecule has 2 heterocycles. The van der Waals surface area contributed by atoms with Crippen molar-refractivity contribution in [3.8, 4) is 5.75 Å². The van der Waals surface area contributed by atoms with Crippen LogP contribution in [0.1, 0.15) is 51.8 Å². The third kappa shape index (κ3) is 5.57. The Labute approximate surface area is 219 Å². The summed E-state index contributed by atoms with van der Waals surface area (Å²) < 4.78 is 81.1. The Morgan fingerprint density at radius 1 is 1.18 bits per heavy atom. The second kappa shape index (κ2) is 10.2. The van der Waals surface area contributed by atoms with Crippen molar-refractivity contribution in [2.45, 2.75) is 83.2 Å². The predicted molar refractivity (Wildman–Crippen MR) is 134 cm³/mol. The molecule has 0 spiro atoms. The number of phenols is 1. The number of hydrogen-bond donors (Lipinski definition) is 2. The van der Waals surface area contributed by atoms with Crippen molar-refractivity contribution in [2.75, 3.05) is 5.32 Å². The summed E-state index contributed by atoms with van der Waals surface area (Å²) in [7, 11) is -2.02. The highest BCUT2D eigenvalue weighted by Gasteiger charge is 2.65. The van der Waals surface area contributed by atoms with Crippen molar-refractivity contribution in [3.05, 3.63) is 53.4 Å². The van der Waals surface area contributed by atoms with Crippen LogP contribution < -0.4 is 5.32 Å². The Kier molecular flexibility index (Phi) is 8.04. The van der Waals surface area contributed by atoms with E-state index in [2.05, 4.69) is 44.2 Å². The SMILES string of the molecule is C[C@H]1[C@@H](c2ccc(F)c(F)c2O)[C@@H](C(=O)Nc2ccc(CO[Si](C)(C)C(C)(C)C)nc2)O[C@@]1(C)C(F)(F)F. The first-order chi connectivity index (χ1) is 17.3. The number of ether oxygens (including phenoxy) is 1. The largest absolute Gasteiger partial charge is 0.505 e. The van der Waals surface area contributed by atoms with E-state index in [-0.39, 0.29) is 22.9 Å². The predicted octanol–water partition coefficient (Wildman–Crippen LogP) is 6.67. The van der Waals surface area contributed by atoms with Crippen LogP contribution in [0.2, 0.25) is 18.1 Å². The monoisotopic (exact) mass is 560 g/mol. The number of rotatable bonds is 6. The molecule has 1 aromatic heterocycles. The molecule has 1 aliphatic heterocycles. The number of carbonyl (C=O) groups excluding carboxylic acids is 1. The zero-order valence-electron chi connectivity index (χ0n) is 22.3. The zero-order chi connectivity index (χ0) is 28.8. The quantitative estimate of drug-likeness (QED) is 0.305. The molecule has 2 N–H and O–H groups in total. The van der Waals surface area contributed by atoms with Gasteiger partial charge in [-0.05, 0) is 43.3 Å². The summed E-state index contributed by atoms with van der Waals surface area (Å²) in [6.45, 7) is 12.7. The number of nitrogens with zero attached hydrogens (tertiary/aromatic N) is 1. The van der Waals surface area contributed by atoms with Gasteiger partial charge >= 0.3 is 6.18 Å². The molecule has 38 heavy (non-hydrogen) atoms. The molecule has 4 atom stereocenters. The van der Waals surface area contributed by atoms with E-state index in [1.54, 1.807) is 6.07 Å². The van der Waals surface area contributed by atoms with Crippen LogP contribution in [0, 0.1) is 17.6 Å². The van der Waals surface area contributed by atoms with Crippen molar-refractivity contribution in [3.63, 3.8) is 0 Å². The molecule has 0 unspecified atom stereocenters. The lowest BCUT2D eigenvalue weighted by Gasteiger charge is -2.36. The molecule has 0 aliphatic carbocycles. The maximum absolute atomic E-state index is 14.1. The Morgan fingerprint density at radius 2 is 1.82 bits per heavy atom. The average Bonchev–Trinajstić information content (AvgIpc) is 3.08. The number of anilines is 1. The lowest BCUT2D eigenvalue weighted by molar-refractivity contribution is -0.272. The van der Waals surface area contributed by atoms with Crippen LogP contribution in [0.5, 0.6) is 5.75 Å². The fourth-order valence-corrected chi connectivity index (χ4v) is 5.06. The zero-order valence-corrected chi connectivity index (χ0v) is 23.3. The van der Waals surface area contributed by atoms with Crippen LogP contribution >= 0.6 is 0 Å². The second-order valence-electron chi connectivity index (χ2n) is 11.3. The Hall–Kier alpha value is -2.57. The normalized spacial score (nSPS) is 24.5. The third-order valence-corrected chi connectivity index (χ3v) is 12.3. The minimum Gasteiger partial charge on any atom is -0.505 e. The summed E-state index contributed by atoms with van der Waals surface area (Å²) in [6, 6.07) is 4.79. The van der Waals surface area contributed by atoms with E-state index >= 15 is 0 Å². The van der Waals surface area contributed by atoms with Crippen molar-refractivity contribution >= 4 is 19.9 Å². The van der Waals surface area contributed by atoms with Gasteiger partial charge in [-0.3, -0.25) is 9.78 Å². The number of aromatic hydroxyl groups is 1. The molecule has 1 aliphatic rings. The molecule has 2 aromatic rings. The number of hydrogen-bond acceptors (Lipinski definition) is 5. The van der Waals surface area contributed by atoms with Crippen molar-refractivity contribution in [1.82, 2.24) is 4.98 Å². The highest BCUT2D eigenvalue weighted by Crippen LogP contribution is 2.54. The Balaban J connectivity index is 1.85. The van der Waals surface area contributed by atoms with E-state index in [0.717, 1.165) is 13.0 Å². The van der Waals surface area contributed by atoms with E-state index in [1.165, 1.54) is 19.2 Å². The highest BCUT2D eigenvalue weighted by molar-refractivity contribution is 6.74. The first-order valence-electron chi connectivity index (χ1n) is 12.1. The van der Waals surface area contributed by atoms with Crippen LogP contribution in [0.3, 0.4) is 0 Å². The minimum atomic E-state index is -4.89. The number of pyridine rings is 1. The maximum Gasteiger partial charge on any atom is 0.417 e. The molecular formula is C26H33F5N2O4Si. The summed E-state index contributed by atoms with van der Waals surface area (Å²) in [5.74, 6) is -7.97. The van der Waals surface area contributed by atoms with Gasteiger partial charge in [-0.1, -0.05) is 33.8 Å². The van der Waals surface area contributed by atoms with Crippen molar-refractivity contribution in [2.24, 2.45) is 5.92 Å². The number of benzene rings is 1. The van der Waals surface area contributed by atoms with Gasteiger partial charge in [-0.25, -0.2) is 4.39 Å². The van der Waals surface area contributed by atoms with E-state index in [0.29, 0.717) is 11.8 Å². The molecule has 12 heteroatoms. The molecule has 0 radical (unpaired) electrons. The molecule has 0 saturated carbocycles. The minimum absolute atomic E-state index is 0.00264. The topological polar surface area (TPSA) is 80.7 Å². The van der Waals surface area contributed by atoms with Gasteiger partial charge in [0.2, 0.25) is 5.82 Å². The van der Waals surface area contributed by atoms with Gasteiger partial charge in [0.05, 0.1) is 24.2 Å². The third-order valence-electron chi connectivity index (χ3n) is 7.87. The summed E-state index contributed by atoms with van der Waals surface area (Å²) in [6.07, 6.45) is -5.32. The first kappa shape index (κ1) is 30.0. The Morgan fingerprint density at radius 3 is 2.34 bits per heavy atom. The van der Waals surface area contributed by atoms with E-state index in [1.807, 2.05) is 0 Å². The maximum atomic E-state index is 14.1. The molecule has 1 saturated heterocycles. The van der Waals surface area contributed by atoms with Crippen molar-refractivity contribution < 1.29 is 41.0 Å². The van der Waals surface area contributed by atoms with E-state index in [9.17, 15) is 31.9 Å². The van der Waals surface area contributed by atoms with Crippen molar-refractivity contribution in [1.29, 1.82) is 0 Å². The van der Waals surface area contributed by atoms with Gasteiger partial charge in [-0.2, -0.15) is 17.6 Å². The van der Waals surface area contributed by atoms with E-state index in [4.69, 9.17) is 9.16 Å². The first-order valence-corrected chi connectivity index (χ1v) is 15.0. The van der Waals surface area contributed by atoms with Crippen LogP contribution in [0.25, 0.3) is 0 Å². The van der Waals surface area contributed by atoms with Gasteiger partial charge in [0.15, 0.2) is 25.5 Å². The molecule has 210 valence electrons. The molecule has 3 rings (SSSR count). The Bertz CT molecular complexity index is 1180. The highest BCUT2D eigenvalue weighted by atomic mass is 28.4. The smallest absolute Gasteiger partial charge is 0.417 e. The van der Waals surface area contributed by atoms with Gasteiger partial charge in [0.1, 0.15) is 6.10 Å². The number of alkyl halides is 3. The van der Waals surface area contributed by atoms with Gasteiger partial charge < -0.3 is 19.6 Å².